The van der Waals surface area contributed by atoms with Gasteiger partial charge in [-0.2, -0.15) is 5.10 Å². The number of halogens is 1. The third-order valence-electron chi connectivity index (χ3n) is 5.23. The van der Waals surface area contributed by atoms with Crippen LogP contribution in [0, 0.1) is 20.8 Å². The molecule has 2 aromatic carbocycles. The number of carbonyl (C=O) groups excluding carboxylic acids is 1. The van der Waals surface area contributed by atoms with Crippen molar-refractivity contribution < 1.29 is 9.53 Å². The number of ether oxygens (including phenoxy) is 1. The molecule has 0 radical (unpaired) electrons. The second kappa shape index (κ2) is 8.56. The molecule has 0 fully saturated rings. The van der Waals surface area contributed by atoms with Gasteiger partial charge in [-0.3, -0.25) is 4.79 Å². The van der Waals surface area contributed by atoms with E-state index < -0.39 is 0 Å². The van der Waals surface area contributed by atoms with Crippen LogP contribution < -0.4 is 5.32 Å². The summed E-state index contributed by atoms with van der Waals surface area (Å²) in [4.78, 5) is 12.9. The number of benzene rings is 2. The predicted molar refractivity (Wildman–Crippen MR) is 123 cm³/mol. The van der Waals surface area contributed by atoms with Crippen molar-refractivity contribution in [2.24, 2.45) is 0 Å². The fourth-order valence-electron chi connectivity index (χ4n) is 3.42. The molecule has 2 heterocycles. The first-order valence-corrected chi connectivity index (χ1v) is 10.6. The van der Waals surface area contributed by atoms with Crippen molar-refractivity contribution in [3.63, 3.8) is 0 Å². The van der Waals surface area contributed by atoms with Gasteiger partial charge >= 0.3 is 0 Å². The summed E-state index contributed by atoms with van der Waals surface area (Å²) in [6.07, 6.45) is 0. The second-order valence-corrected chi connectivity index (χ2v) is 8.30. The molecule has 0 saturated heterocycles. The average Bonchev–Trinajstić information content (AvgIpc) is 3.11. The molecular formula is C23H22BrN5O2. The molecule has 0 bridgehead atoms. The van der Waals surface area contributed by atoms with Gasteiger partial charge in [0, 0.05) is 17.3 Å². The Hall–Kier alpha value is -3.10. The standard InChI is InChI=1S/C23H22BrN5O2/c1-13-5-10-18(11-14(13)2)25-23(30)21-15(3)29-22(27-26-21)20(19(28-29)12-31-4)16-6-8-17(24)9-7-16/h5-11H,12H2,1-4H3,(H,25,30). The molecule has 0 atom stereocenters. The van der Waals surface area contributed by atoms with Crippen LogP contribution in [0.5, 0.6) is 0 Å². The van der Waals surface area contributed by atoms with E-state index in [0.717, 1.165) is 32.4 Å². The molecule has 4 aromatic rings. The SMILES string of the molecule is COCc1nn2c(C)c(C(=O)Nc3ccc(C)c(C)c3)nnc2c1-c1ccc(Br)cc1. The lowest BCUT2D eigenvalue weighted by Gasteiger charge is -2.09. The van der Waals surface area contributed by atoms with E-state index in [4.69, 9.17) is 4.74 Å². The lowest BCUT2D eigenvalue weighted by Crippen LogP contribution is -2.18. The lowest BCUT2D eigenvalue weighted by molar-refractivity contribution is 0.102. The maximum absolute atomic E-state index is 12.9. The first-order chi connectivity index (χ1) is 14.9. The third-order valence-corrected chi connectivity index (χ3v) is 5.76. The zero-order valence-electron chi connectivity index (χ0n) is 17.7. The molecule has 0 saturated carbocycles. The van der Waals surface area contributed by atoms with E-state index in [2.05, 4.69) is 36.5 Å². The number of anilines is 1. The van der Waals surface area contributed by atoms with Crippen LogP contribution in [0.1, 0.15) is 33.0 Å². The Kier molecular flexibility index (Phi) is 5.84. The van der Waals surface area contributed by atoms with Gasteiger partial charge in [-0.1, -0.05) is 34.1 Å². The van der Waals surface area contributed by atoms with Crippen LogP contribution in [-0.2, 0) is 11.3 Å². The summed E-state index contributed by atoms with van der Waals surface area (Å²) in [5, 5.41) is 16.2. The van der Waals surface area contributed by atoms with E-state index in [0.29, 0.717) is 23.6 Å². The van der Waals surface area contributed by atoms with Gasteiger partial charge in [-0.15, -0.1) is 10.2 Å². The summed E-state index contributed by atoms with van der Waals surface area (Å²) in [6, 6.07) is 13.7. The van der Waals surface area contributed by atoms with Gasteiger partial charge in [0.15, 0.2) is 11.3 Å². The van der Waals surface area contributed by atoms with E-state index >= 15 is 0 Å². The highest BCUT2D eigenvalue weighted by Crippen LogP contribution is 2.30. The fraction of sp³-hybridized carbons (Fsp3) is 0.217. The van der Waals surface area contributed by atoms with E-state index in [1.54, 1.807) is 11.6 Å². The Morgan fingerprint density at radius 3 is 2.48 bits per heavy atom. The number of aromatic nitrogens is 4. The van der Waals surface area contributed by atoms with Gasteiger partial charge < -0.3 is 10.1 Å². The molecule has 8 heteroatoms. The number of methoxy groups -OCH3 is 1. The van der Waals surface area contributed by atoms with Gasteiger partial charge in [0.05, 0.1) is 23.6 Å². The van der Waals surface area contributed by atoms with Crippen molar-refractivity contribution in [3.8, 4) is 11.1 Å². The van der Waals surface area contributed by atoms with Crippen molar-refractivity contribution in [2.75, 3.05) is 12.4 Å². The zero-order chi connectivity index (χ0) is 22.1. The number of nitrogens with zero attached hydrogens (tertiary/aromatic N) is 4. The van der Waals surface area contributed by atoms with Gasteiger partial charge in [-0.05, 0) is 61.7 Å². The Balaban J connectivity index is 1.77. The van der Waals surface area contributed by atoms with E-state index in [1.165, 1.54) is 0 Å². The number of rotatable bonds is 5. The molecule has 0 aliphatic carbocycles. The van der Waals surface area contributed by atoms with Gasteiger partial charge in [0.25, 0.3) is 5.91 Å². The third kappa shape index (κ3) is 4.08. The molecule has 0 unspecified atom stereocenters. The molecule has 4 rings (SSSR count). The first kappa shape index (κ1) is 21.1. The minimum Gasteiger partial charge on any atom is -0.378 e. The summed E-state index contributed by atoms with van der Waals surface area (Å²) in [5.41, 5.74) is 6.91. The smallest absolute Gasteiger partial charge is 0.278 e. The lowest BCUT2D eigenvalue weighted by atomic mass is 10.1. The number of hydrogen-bond donors (Lipinski definition) is 1. The largest absolute Gasteiger partial charge is 0.378 e. The fourth-order valence-corrected chi connectivity index (χ4v) is 3.68. The van der Waals surface area contributed by atoms with Crippen LogP contribution in [0.3, 0.4) is 0 Å². The van der Waals surface area contributed by atoms with Crippen LogP contribution in [-0.4, -0.2) is 32.8 Å². The van der Waals surface area contributed by atoms with Crippen molar-refractivity contribution in [1.29, 1.82) is 0 Å². The highest BCUT2D eigenvalue weighted by atomic mass is 79.9. The quantitative estimate of drug-likeness (QED) is 0.441. The van der Waals surface area contributed by atoms with Crippen molar-refractivity contribution >= 4 is 33.2 Å². The van der Waals surface area contributed by atoms with E-state index in [9.17, 15) is 4.79 Å². The highest BCUT2D eigenvalue weighted by molar-refractivity contribution is 9.10. The van der Waals surface area contributed by atoms with Crippen LogP contribution in [0.2, 0.25) is 0 Å². The van der Waals surface area contributed by atoms with Gasteiger partial charge in [0.1, 0.15) is 0 Å². The number of carbonyl (C=O) groups is 1. The van der Waals surface area contributed by atoms with Crippen molar-refractivity contribution in [1.82, 2.24) is 19.8 Å². The zero-order valence-corrected chi connectivity index (χ0v) is 19.3. The van der Waals surface area contributed by atoms with Gasteiger partial charge in [-0.25, -0.2) is 4.52 Å². The van der Waals surface area contributed by atoms with Crippen LogP contribution in [0.15, 0.2) is 46.9 Å². The summed E-state index contributed by atoms with van der Waals surface area (Å²) < 4.78 is 7.99. The van der Waals surface area contributed by atoms with E-state index in [1.807, 2.05) is 63.2 Å². The molecule has 0 spiro atoms. The predicted octanol–water partition coefficient (Wildman–Crippen LogP) is 4.88. The normalized spacial score (nSPS) is 11.1. The van der Waals surface area contributed by atoms with Crippen LogP contribution >= 0.6 is 15.9 Å². The molecule has 0 aliphatic rings. The minimum absolute atomic E-state index is 0.222. The Morgan fingerprint density at radius 1 is 1.06 bits per heavy atom. The molecular weight excluding hydrogens is 458 g/mol. The van der Waals surface area contributed by atoms with E-state index in [-0.39, 0.29) is 11.6 Å². The first-order valence-electron chi connectivity index (χ1n) is 9.77. The Bertz CT molecular complexity index is 1280. The van der Waals surface area contributed by atoms with Crippen LogP contribution in [0.25, 0.3) is 16.8 Å². The topological polar surface area (TPSA) is 81.4 Å². The monoisotopic (exact) mass is 479 g/mol. The summed E-state index contributed by atoms with van der Waals surface area (Å²) in [5.74, 6) is -0.330. The summed E-state index contributed by atoms with van der Waals surface area (Å²) in [7, 11) is 1.62. The Morgan fingerprint density at radius 2 is 1.81 bits per heavy atom. The summed E-state index contributed by atoms with van der Waals surface area (Å²) in [6.45, 7) is 6.17. The number of nitrogens with one attached hydrogen (secondary N) is 1. The average molecular weight is 480 g/mol. The Labute approximate surface area is 188 Å². The second-order valence-electron chi connectivity index (χ2n) is 7.38. The van der Waals surface area contributed by atoms with Crippen molar-refractivity contribution in [3.05, 3.63) is 75.1 Å². The number of hydrogen-bond acceptors (Lipinski definition) is 5. The number of aryl methyl sites for hydroxylation is 3. The van der Waals surface area contributed by atoms with Crippen LogP contribution in [0.4, 0.5) is 5.69 Å². The molecule has 1 amide bonds. The maximum atomic E-state index is 12.9. The molecule has 31 heavy (non-hydrogen) atoms. The van der Waals surface area contributed by atoms with Gasteiger partial charge in [0.2, 0.25) is 0 Å². The molecule has 0 aliphatic heterocycles. The molecule has 7 nitrogen and oxygen atoms in total. The number of fused-ring (bicyclic) bond motifs is 1. The van der Waals surface area contributed by atoms with Crippen molar-refractivity contribution in [2.45, 2.75) is 27.4 Å². The maximum Gasteiger partial charge on any atom is 0.278 e. The minimum atomic E-state index is -0.330. The number of amides is 1. The molecule has 2 aromatic heterocycles. The highest BCUT2D eigenvalue weighted by Gasteiger charge is 2.22. The summed E-state index contributed by atoms with van der Waals surface area (Å²) >= 11 is 3.46. The molecule has 158 valence electrons. The molecule has 1 N–H and O–H groups in total.